The summed E-state index contributed by atoms with van der Waals surface area (Å²) in [6.45, 7) is 11.6. The first kappa shape index (κ1) is 20.5. The van der Waals surface area contributed by atoms with Gasteiger partial charge in [-0.05, 0) is 51.5 Å². The van der Waals surface area contributed by atoms with E-state index >= 15 is 0 Å². The summed E-state index contributed by atoms with van der Waals surface area (Å²) in [5.41, 5.74) is 3.42. The molecule has 0 spiro atoms. The zero-order valence-corrected chi connectivity index (χ0v) is 17.1. The lowest BCUT2D eigenvalue weighted by molar-refractivity contribution is -0.136. The topological polar surface area (TPSA) is 67.2 Å². The highest BCUT2D eigenvalue weighted by molar-refractivity contribution is 5.78. The van der Waals surface area contributed by atoms with E-state index in [-0.39, 0.29) is 23.8 Å². The fourth-order valence-corrected chi connectivity index (χ4v) is 3.79. The summed E-state index contributed by atoms with van der Waals surface area (Å²) >= 11 is 0. The summed E-state index contributed by atoms with van der Waals surface area (Å²) < 4.78 is 1.89. The first-order valence-electron chi connectivity index (χ1n) is 9.76. The minimum Gasteiger partial charge on any atom is -0.353 e. The van der Waals surface area contributed by atoms with E-state index in [0.717, 1.165) is 43.7 Å². The van der Waals surface area contributed by atoms with Crippen LogP contribution in [0, 0.1) is 25.7 Å². The first-order valence-corrected chi connectivity index (χ1v) is 9.76. The van der Waals surface area contributed by atoms with E-state index in [2.05, 4.69) is 17.3 Å². The number of likely N-dealkylation sites (tertiary alicyclic amines) is 1. The van der Waals surface area contributed by atoms with Gasteiger partial charge in [0.25, 0.3) is 0 Å². The maximum atomic E-state index is 12.4. The number of piperidine rings is 1. The number of aryl methyl sites for hydroxylation is 2. The number of carbonyl (C=O) groups is 2. The van der Waals surface area contributed by atoms with Gasteiger partial charge in [0.05, 0.1) is 5.69 Å². The van der Waals surface area contributed by atoms with Gasteiger partial charge < -0.3 is 10.2 Å². The van der Waals surface area contributed by atoms with Crippen molar-refractivity contribution in [2.75, 3.05) is 13.1 Å². The molecule has 1 N–H and O–H groups in total. The van der Waals surface area contributed by atoms with Crippen LogP contribution in [0.15, 0.2) is 0 Å². The predicted molar refractivity (Wildman–Crippen MR) is 103 cm³/mol. The Bertz CT molecular complexity index is 642. The molecule has 0 bridgehead atoms. The van der Waals surface area contributed by atoms with Crippen LogP contribution in [0.2, 0.25) is 0 Å². The fourth-order valence-electron chi connectivity index (χ4n) is 3.79. The molecule has 2 rings (SSSR count). The zero-order valence-electron chi connectivity index (χ0n) is 17.1. The Morgan fingerprint density at radius 3 is 2.31 bits per heavy atom. The van der Waals surface area contributed by atoms with E-state index in [4.69, 9.17) is 0 Å². The van der Waals surface area contributed by atoms with E-state index in [9.17, 15) is 9.59 Å². The van der Waals surface area contributed by atoms with Crippen molar-refractivity contribution in [3.8, 4) is 0 Å². The van der Waals surface area contributed by atoms with Crippen LogP contribution in [0.4, 0.5) is 0 Å². The Hall–Kier alpha value is -1.85. The SMILES string of the molecule is Cc1nn(C)c(C)c1CC(C)NC(=O)CC1CCN(C(=O)C(C)C)CC1. The molecular formula is C20H34N4O2. The molecule has 6 nitrogen and oxygen atoms in total. The van der Waals surface area contributed by atoms with Gasteiger partial charge in [-0.1, -0.05) is 13.8 Å². The molecule has 2 amide bonds. The first-order chi connectivity index (χ1) is 12.2. The van der Waals surface area contributed by atoms with E-state index in [1.807, 2.05) is 44.3 Å². The molecule has 0 aliphatic carbocycles. The number of amides is 2. The zero-order chi connectivity index (χ0) is 19.4. The highest BCUT2D eigenvalue weighted by Crippen LogP contribution is 2.22. The van der Waals surface area contributed by atoms with Crippen molar-refractivity contribution in [1.82, 2.24) is 20.0 Å². The summed E-state index contributed by atoms with van der Waals surface area (Å²) in [6, 6.07) is 0.0895. The lowest BCUT2D eigenvalue weighted by atomic mass is 9.92. The summed E-state index contributed by atoms with van der Waals surface area (Å²) in [7, 11) is 1.95. The van der Waals surface area contributed by atoms with Crippen molar-refractivity contribution in [3.05, 3.63) is 17.0 Å². The van der Waals surface area contributed by atoms with Crippen molar-refractivity contribution >= 4 is 11.8 Å². The van der Waals surface area contributed by atoms with Crippen LogP contribution in [0.3, 0.4) is 0 Å². The predicted octanol–water partition coefficient (Wildman–Crippen LogP) is 2.37. The molecule has 1 atom stereocenters. The molecule has 1 aliphatic rings. The Kier molecular flexibility index (Phi) is 6.84. The number of hydrogen-bond donors (Lipinski definition) is 1. The van der Waals surface area contributed by atoms with Crippen molar-refractivity contribution in [1.29, 1.82) is 0 Å². The number of rotatable bonds is 6. The van der Waals surface area contributed by atoms with Gasteiger partial charge in [-0.3, -0.25) is 14.3 Å². The molecule has 1 aromatic rings. The van der Waals surface area contributed by atoms with E-state index in [1.54, 1.807) is 0 Å². The molecule has 6 heteroatoms. The molecule has 1 aromatic heterocycles. The average Bonchev–Trinajstić information content (AvgIpc) is 2.81. The summed E-state index contributed by atoms with van der Waals surface area (Å²) in [6.07, 6.45) is 3.19. The summed E-state index contributed by atoms with van der Waals surface area (Å²) in [5.74, 6) is 0.768. The summed E-state index contributed by atoms with van der Waals surface area (Å²) in [4.78, 5) is 26.4. The highest BCUT2D eigenvalue weighted by Gasteiger charge is 2.26. The summed E-state index contributed by atoms with van der Waals surface area (Å²) in [5, 5.41) is 7.58. The molecule has 0 saturated carbocycles. The van der Waals surface area contributed by atoms with Gasteiger partial charge in [0, 0.05) is 44.2 Å². The molecule has 1 fully saturated rings. The molecular weight excluding hydrogens is 328 g/mol. The second-order valence-corrected chi connectivity index (χ2v) is 8.07. The Morgan fingerprint density at radius 1 is 1.19 bits per heavy atom. The molecule has 0 radical (unpaired) electrons. The smallest absolute Gasteiger partial charge is 0.225 e. The number of nitrogens with zero attached hydrogens (tertiary/aromatic N) is 3. The molecule has 2 heterocycles. The van der Waals surface area contributed by atoms with Crippen LogP contribution in [0.1, 0.15) is 57.0 Å². The maximum absolute atomic E-state index is 12.4. The lowest BCUT2D eigenvalue weighted by Gasteiger charge is -2.33. The minimum atomic E-state index is 0.0510. The Morgan fingerprint density at radius 2 is 1.81 bits per heavy atom. The lowest BCUT2D eigenvalue weighted by Crippen LogP contribution is -2.42. The number of nitrogens with one attached hydrogen (secondary N) is 1. The van der Waals surface area contributed by atoms with Crippen LogP contribution in [-0.2, 0) is 23.1 Å². The van der Waals surface area contributed by atoms with E-state index < -0.39 is 0 Å². The van der Waals surface area contributed by atoms with Crippen molar-refractivity contribution in [2.45, 2.75) is 66.3 Å². The van der Waals surface area contributed by atoms with E-state index in [1.165, 1.54) is 5.56 Å². The van der Waals surface area contributed by atoms with Gasteiger partial charge in [-0.15, -0.1) is 0 Å². The van der Waals surface area contributed by atoms with Crippen LogP contribution in [0.25, 0.3) is 0 Å². The van der Waals surface area contributed by atoms with Crippen molar-refractivity contribution in [2.24, 2.45) is 18.9 Å². The fraction of sp³-hybridized carbons (Fsp3) is 0.750. The monoisotopic (exact) mass is 362 g/mol. The minimum absolute atomic E-state index is 0.0510. The maximum Gasteiger partial charge on any atom is 0.225 e. The Balaban J connectivity index is 1.77. The molecule has 0 aromatic carbocycles. The third-order valence-electron chi connectivity index (χ3n) is 5.47. The molecule has 1 aliphatic heterocycles. The van der Waals surface area contributed by atoms with Crippen LogP contribution in [0.5, 0.6) is 0 Å². The van der Waals surface area contributed by atoms with Crippen LogP contribution < -0.4 is 5.32 Å². The number of aromatic nitrogens is 2. The molecule has 1 unspecified atom stereocenters. The van der Waals surface area contributed by atoms with Gasteiger partial charge in [-0.2, -0.15) is 5.10 Å². The van der Waals surface area contributed by atoms with Gasteiger partial charge >= 0.3 is 0 Å². The van der Waals surface area contributed by atoms with Gasteiger partial charge in [0.2, 0.25) is 11.8 Å². The standard InChI is InChI=1S/C20H34N4O2/c1-13(2)20(26)24-9-7-17(8-10-24)12-19(25)21-14(3)11-18-15(4)22-23(6)16(18)5/h13-14,17H,7-12H2,1-6H3,(H,21,25). The third kappa shape index (κ3) is 5.08. The third-order valence-corrected chi connectivity index (χ3v) is 5.47. The average molecular weight is 363 g/mol. The normalized spacial score (nSPS) is 16.8. The van der Waals surface area contributed by atoms with Gasteiger partial charge in [0.15, 0.2) is 0 Å². The van der Waals surface area contributed by atoms with Gasteiger partial charge in [0.1, 0.15) is 0 Å². The second-order valence-electron chi connectivity index (χ2n) is 8.07. The van der Waals surface area contributed by atoms with Crippen LogP contribution in [-0.4, -0.2) is 45.6 Å². The molecule has 1 saturated heterocycles. The van der Waals surface area contributed by atoms with Crippen molar-refractivity contribution in [3.63, 3.8) is 0 Å². The van der Waals surface area contributed by atoms with Crippen LogP contribution >= 0.6 is 0 Å². The largest absolute Gasteiger partial charge is 0.353 e. The quantitative estimate of drug-likeness (QED) is 0.845. The molecule has 26 heavy (non-hydrogen) atoms. The highest BCUT2D eigenvalue weighted by atomic mass is 16.2. The van der Waals surface area contributed by atoms with E-state index in [0.29, 0.717) is 12.3 Å². The van der Waals surface area contributed by atoms with Gasteiger partial charge in [-0.25, -0.2) is 0 Å². The Labute approximate surface area is 157 Å². The number of carbonyl (C=O) groups excluding carboxylic acids is 2. The number of hydrogen-bond acceptors (Lipinski definition) is 3. The van der Waals surface area contributed by atoms with Crippen molar-refractivity contribution < 1.29 is 9.59 Å². The second kappa shape index (κ2) is 8.69. The molecule has 146 valence electrons.